The first-order valence-corrected chi connectivity index (χ1v) is 5.19. The van der Waals surface area contributed by atoms with E-state index in [-0.39, 0.29) is 12.2 Å². The first kappa shape index (κ1) is 12.6. The minimum absolute atomic E-state index is 0.0190. The van der Waals surface area contributed by atoms with Crippen molar-refractivity contribution in [2.24, 2.45) is 0 Å². The van der Waals surface area contributed by atoms with E-state index in [0.717, 1.165) is 5.56 Å². The lowest BCUT2D eigenvalue weighted by Crippen LogP contribution is -1.97. The highest BCUT2D eigenvalue weighted by Gasteiger charge is 2.08. The van der Waals surface area contributed by atoms with Gasteiger partial charge in [0.15, 0.2) is 11.5 Å². The third kappa shape index (κ3) is 3.31. The lowest BCUT2D eigenvalue weighted by Gasteiger charge is -2.08. The number of hydrogen-bond acceptors (Lipinski definition) is 3. The predicted octanol–water partition coefficient (Wildman–Crippen LogP) is 2.46. The zero-order valence-corrected chi connectivity index (χ0v) is 9.62. The molecular weight excluding hydrogens is 232 g/mol. The Kier molecular flexibility index (Phi) is 4.43. The Morgan fingerprint density at radius 1 is 1.50 bits per heavy atom. The van der Waals surface area contributed by atoms with Crippen LogP contribution in [0.4, 0.5) is 0 Å². The SMILES string of the molecule is COc1cc(CCCC(=O)O)c(Cl)cc1O. The summed E-state index contributed by atoms with van der Waals surface area (Å²) in [6.07, 6.45) is 1.14. The molecule has 0 unspecified atom stereocenters. The summed E-state index contributed by atoms with van der Waals surface area (Å²) in [4.78, 5) is 10.4. The standard InChI is InChI=1S/C11H13ClO4/c1-16-10-5-7(3-2-4-11(14)15)8(12)6-9(10)13/h5-6,13H,2-4H2,1H3,(H,14,15). The molecule has 0 aliphatic rings. The minimum atomic E-state index is -0.832. The number of phenolic OH excluding ortho intramolecular Hbond substituents is 1. The molecule has 0 aliphatic carbocycles. The molecule has 2 N–H and O–H groups in total. The van der Waals surface area contributed by atoms with Crippen molar-refractivity contribution in [1.82, 2.24) is 0 Å². The second-order valence-electron chi connectivity index (χ2n) is 3.36. The molecule has 0 amide bonds. The lowest BCUT2D eigenvalue weighted by atomic mass is 10.1. The fourth-order valence-electron chi connectivity index (χ4n) is 1.37. The van der Waals surface area contributed by atoms with E-state index in [1.165, 1.54) is 13.2 Å². The number of aliphatic carboxylic acids is 1. The number of phenols is 1. The molecule has 16 heavy (non-hydrogen) atoms. The number of halogens is 1. The fraction of sp³-hybridized carbons (Fsp3) is 0.364. The molecule has 0 spiro atoms. The van der Waals surface area contributed by atoms with Crippen LogP contribution in [0.2, 0.25) is 5.02 Å². The van der Waals surface area contributed by atoms with Crippen LogP contribution in [-0.4, -0.2) is 23.3 Å². The molecule has 0 bridgehead atoms. The maximum atomic E-state index is 10.4. The zero-order valence-electron chi connectivity index (χ0n) is 8.86. The van der Waals surface area contributed by atoms with Crippen LogP contribution < -0.4 is 4.74 Å². The summed E-state index contributed by atoms with van der Waals surface area (Å²) in [5.74, 6) is -0.508. The van der Waals surface area contributed by atoms with Crippen molar-refractivity contribution in [3.05, 3.63) is 22.7 Å². The summed E-state index contributed by atoms with van der Waals surface area (Å²) in [5.41, 5.74) is 0.776. The van der Waals surface area contributed by atoms with Crippen molar-refractivity contribution in [3.8, 4) is 11.5 Å². The van der Waals surface area contributed by atoms with E-state index in [9.17, 15) is 9.90 Å². The minimum Gasteiger partial charge on any atom is -0.504 e. The number of carboxylic acids is 1. The van der Waals surface area contributed by atoms with Crippen LogP contribution in [0.25, 0.3) is 0 Å². The number of rotatable bonds is 5. The van der Waals surface area contributed by atoms with Crippen LogP contribution in [0.3, 0.4) is 0 Å². The Morgan fingerprint density at radius 3 is 2.75 bits per heavy atom. The van der Waals surface area contributed by atoms with Gasteiger partial charge in [0, 0.05) is 17.5 Å². The fourth-order valence-corrected chi connectivity index (χ4v) is 1.62. The van der Waals surface area contributed by atoms with Crippen LogP contribution in [0, 0.1) is 0 Å². The Labute approximate surface area is 98.4 Å². The van der Waals surface area contributed by atoms with Crippen molar-refractivity contribution in [2.45, 2.75) is 19.3 Å². The summed E-state index contributed by atoms with van der Waals surface area (Å²) in [6.45, 7) is 0. The topological polar surface area (TPSA) is 66.8 Å². The monoisotopic (exact) mass is 244 g/mol. The summed E-state index contributed by atoms with van der Waals surface area (Å²) >= 11 is 5.91. The molecule has 0 saturated heterocycles. The van der Waals surface area contributed by atoms with Crippen LogP contribution in [0.1, 0.15) is 18.4 Å². The average Bonchev–Trinajstić information content (AvgIpc) is 2.20. The van der Waals surface area contributed by atoms with Gasteiger partial charge < -0.3 is 14.9 Å². The molecule has 0 saturated carbocycles. The highest BCUT2D eigenvalue weighted by atomic mass is 35.5. The molecule has 1 aromatic rings. The van der Waals surface area contributed by atoms with Gasteiger partial charge in [-0.15, -0.1) is 0 Å². The zero-order chi connectivity index (χ0) is 12.1. The van der Waals surface area contributed by atoms with Crippen LogP contribution in [-0.2, 0) is 11.2 Å². The molecule has 0 heterocycles. The molecule has 0 aromatic heterocycles. The molecular formula is C11H13ClO4. The van der Waals surface area contributed by atoms with Gasteiger partial charge in [0.25, 0.3) is 0 Å². The van der Waals surface area contributed by atoms with Crippen molar-refractivity contribution in [3.63, 3.8) is 0 Å². The molecule has 1 rings (SSSR count). The van der Waals surface area contributed by atoms with Crippen molar-refractivity contribution in [2.75, 3.05) is 7.11 Å². The summed E-state index contributed by atoms with van der Waals surface area (Å²) in [5, 5.41) is 18.4. The first-order chi connectivity index (χ1) is 7.54. The molecule has 5 heteroatoms. The molecule has 0 aliphatic heterocycles. The van der Waals surface area contributed by atoms with Crippen molar-refractivity contribution in [1.29, 1.82) is 0 Å². The highest BCUT2D eigenvalue weighted by molar-refractivity contribution is 6.31. The Hall–Kier alpha value is -1.42. The second kappa shape index (κ2) is 5.61. The van der Waals surface area contributed by atoms with E-state index in [0.29, 0.717) is 23.6 Å². The van der Waals surface area contributed by atoms with Gasteiger partial charge >= 0.3 is 5.97 Å². The quantitative estimate of drug-likeness (QED) is 0.835. The van der Waals surface area contributed by atoms with E-state index >= 15 is 0 Å². The van der Waals surface area contributed by atoms with Gasteiger partial charge in [-0.25, -0.2) is 0 Å². The van der Waals surface area contributed by atoms with E-state index in [1.807, 2.05) is 0 Å². The van der Waals surface area contributed by atoms with Gasteiger partial charge in [-0.3, -0.25) is 4.79 Å². The molecule has 1 aromatic carbocycles. The normalized spacial score (nSPS) is 10.1. The first-order valence-electron chi connectivity index (χ1n) is 4.81. The number of aryl methyl sites for hydroxylation is 1. The van der Waals surface area contributed by atoms with E-state index in [2.05, 4.69) is 0 Å². The van der Waals surface area contributed by atoms with Gasteiger partial charge in [-0.05, 0) is 24.5 Å². The van der Waals surface area contributed by atoms with Crippen LogP contribution in [0.5, 0.6) is 11.5 Å². The van der Waals surface area contributed by atoms with Gasteiger partial charge in [-0.2, -0.15) is 0 Å². The van der Waals surface area contributed by atoms with Gasteiger partial charge in [-0.1, -0.05) is 11.6 Å². The molecule has 88 valence electrons. The number of benzene rings is 1. The smallest absolute Gasteiger partial charge is 0.303 e. The summed E-state index contributed by atoms with van der Waals surface area (Å²) < 4.78 is 4.94. The van der Waals surface area contributed by atoms with Gasteiger partial charge in [0.1, 0.15) is 0 Å². The van der Waals surface area contributed by atoms with E-state index < -0.39 is 5.97 Å². The molecule has 0 atom stereocenters. The van der Waals surface area contributed by atoms with Gasteiger partial charge in [0.2, 0.25) is 0 Å². The third-order valence-corrected chi connectivity index (χ3v) is 2.54. The Bertz CT molecular complexity index is 390. The number of carbonyl (C=O) groups is 1. The van der Waals surface area contributed by atoms with Crippen molar-refractivity contribution >= 4 is 17.6 Å². The van der Waals surface area contributed by atoms with E-state index in [4.69, 9.17) is 21.4 Å². The predicted molar refractivity (Wildman–Crippen MR) is 60.2 cm³/mol. The molecule has 0 radical (unpaired) electrons. The Morgan fingerprint density at radius 2 is 2.19 bits per heavy atom. The van der Waals surface area contributed by atoms with Crippen molar-refractivity contribution < 1.29 is 19.7 Å². The van der Waals surface area contributed by atoms with Gasteiger partial charge in [0.05, 0.1) is 7.11 Å². The molecule has 0 fully saturated rings. The maximum Gasteiger partial charge on any atom is 0.303 e. The maximum absolute atomic E-state index is 10.4. The second-order valence-corrected chi connectivity index (χ2v) is 3.77. The highest BCUT2D eigenvalue weighted by Crippen LogP contribution is 2.32. The number of carboxylic acid groups (broad SMARTS) is 1. The number of methoxy groups -OCH3 is 1. The third-order valence-electron chi connectivity index (χ3n) is 2.18. The van der Waals surface area contributed by atoms with E-state index in [1.54, 1.807) is 6.07 Å². The largest absolute Gasteiger partial charge is 0.504 e. The number of hydrogen-bond donors (Lipinski definition) is 2. The Balaban J connectivity index is 2.75. The summed E-state index contributed by atoms with van der Waals surface area (Å²) in [6, 6.07) is 3.02. The van der Waals surface area contributed by atoms with Crippen LogP contribution in [0.15, 0.2) is 12.1 Å². The number of ether oxygens (including phenoxy) is 1. The van der Waals surface area contributed by atoms with Crippen LogP contribution >= 0.6 is 11.6 Å². The number of aromatic hydroxyl groups is 1. The lowest BCUT2D eigenvalue weighted by molar-refractivity contribution is -0.137. The average molecular weight is 245 g/mol. The summed E-state index contributed by atoms with van der Waals surface area (Å²) in [7, 11) is 1.45. The molecule has 4 nitrogen and oxygen atoms in total.